The SMILES string of the molecule is NN=Cc1ccccc1COc1cccc(F)c1F. The van der Waals surface area contributed by atoms with Crippen LogP contribution in [-0.4, -0.2) is 6.21 Å². The zero-order chi connectivity index (χ0) is 13.7. The molecule has 2 rings (SSSR count). The average molecular weight is 262 g/mol. The molecule has 0 atom stereocenters. The maximum Gasteiger partial charge on any atom is 0.200 e. The Labute approximate surface area is 109 Å². The normalized spacial score (nSPS) is 10.8. The predicted molar refractivity (Wildman–Crippen MR) is 68.9 cm³/mol. The van der Waals surface area contributed by atoms with E-state index in [1.165, 1.54) is 18.3 Å². The summed E-state index contributed by atoms with van der Waals surface area (Å²) in [5.41, 5.74) is 1.54. The van der Waals surface area contributed by atoms with Crippen molar-refractivity contribution in [2.75, 3.05) is 0 Å². The second-order valence-electron chi connectivity index (χ2n) is 3.82. The highest BCUT2D eigenvalue weighted by Gasteiger charge is 2.09. The van der Waals surface area contributed by atoms with Crippen LogP contribution in [0.5, 0.6) is 5.75 Å². The number of hydrogen-bond acceptors (Lipinski definition) is 3. The molecule has 2 N–H and O–H groups in total. The van der Waals surface area contributed by atoms with Crippen molar-refractivity contribution in [2.45, 2.75) is 6.61 Å². The molecule has 3 nitrogen and oxygen atoms in total. The van der Waals surface area contributed by atoms with Crippen LogP contribution in [0.25, 0.3) is 0 Å². The van der Waals surface area contributed by atoms with Gasteiger partial charge in [-0.1, -0.05) is 30.3 Å². The molecule has 5 heteroatoms. The number of nitrogens with zero attached hydrogens (tertiary/aromatic N) is 1. The second kappa shape index (κ2) is 5.95. The van der Waals surface area contributed by atoms with Crippen molar-refractivity contribution >= 4 is 6.21 Å². The van der Waals surface area contributed by atoms with Crippen LogP contribution in [0.3, 0.4) is 0 Å². The minimum Gasteiger partial charge on any atom is -0.486 e. The number of rotatable bonds is 4. The van der Waals surface area contributed by atoms with E-state index in [4.69, 9.17) is 10.6 Å². The molecular weight excluding hydrogens is 250 g/mol. The van der Waals surface area contributed by atoms with Crippen LogP contribution < -0.4 is 10.6 Å². The molecule has 0 heterocycles. The van der Waals surface area contributed by atoms with Gasteiger partial charge in [-0.2, -0.15) is 9.49 Å². The summed E-state index contributed by atoms with van der Waals surface area (Å²) < 4.78 is 31.7. The Morgan fingerprint density at radius 2 is 1.89 bits per heavy atom. The van der Waals surface area contributed by atoms with Gasteiger partial charge in [0.1, 0.15) is 6.61 Å². The molecule has 2 aromatic rings. The highest BCUT2D eigenvalue weighted by molar-refractivity contribution is 5.81. The minimum absolute atomic E-state index is 0.0998. The Morgan fingerprint density at radius 3 is 2.68 bits per heavy atom. The maximum atomic E-state index is 13.4. The fourth-order valence-corrected chi connectivity index (χ4v) is 1.62. The molecular formula is C14H12F2N2O. The van der Waals surface area contributed by atoms with E-state index >= 15 is 0 Å². The fraction of sp³-hybridized carbons (Fsp3) is 0.0714. The van der Waals surface area contributed by atoms with E-state index in [2.05, 4.69) is 5.10 Å². The molecule has 0 fully saturated rings. The van der Waals surface area contributed by atoms with Gasteiger partial charge in [-0.3, -0.25) is 0 Å². The first-order chi connectivity index (χ1) is 9.22. The van der Waals surface area contributed by atoms with Gasteiger partial charge < -0.3 is 10.6 Å². The lowest BCUT2D eigenvalue weighted by atomic mass is 10.1. The van der Waals surface area contributed by atoms with E-state index in [-0.39, 0.29) is 12.4 Å². The Morgan fingerprint density at radius 1 is 1.11 bits per heavy atom. The van der Waals surface area contributed by atoms with Gasteiger partial charge in [0.25, 0.3) is 0 Å². The highest BCUT2D eigenvalue weighted by Crippen LogP contribution is 2.20. The molecule has 98 valence electrons. The van der Waals surface area contributed by atoms with Gasteiger partial charge in [-0.25, -0.2) is 4.39 Å². The number of halogens is 2. The Kier molecular flexibility index (Phi) is 4.07. The number of ether oxygens (including phenoxy) is 1. The fourth-order valence-electron chi connectivity index (χ4n) is 1.62. The van der Waals surface area contributed by atoms with Crippen molar-refractivity contribution in [3.8, 4) is 5.75 Å². The first-order valence-electron chi connectivity index (χ1n) is 5.60. The molecule has 0 saturated carbocycles. The zero-order valence-corrected chi connectivity index (χ0v) is 10.0. The average Bonchev–Trinajstić information content (AvgIpc) is 2.42. The summed E-state index contributed by atoms with van der Waals surface area (Å²) in [6.07, 6.45) is 1.47. The molecule has 0 radical (unpaired) electrons. The molecule has 0 bridgehead atoms. The van der Waals surface area contributed by atoms with Crippen LogP contribution in [0.4, 0.5) is 8.78 Å². The predicted octanol–water partition coefficient (Wildman–Crippen LogP) is 2.84. The van der Waals surface area contributed by atoms with Gasteiger partial charge in [0.15, 0.2) is 11.6 Å². The smallest absolute Gasteiger partial charge is 0.200 e. The van der Waals surface area contributed by atoms with E-state index in [9.17, 15) is 8.78 Å². The first-order valence-corrected chi connectivity index (χ1v) is 5.60. The summed E-state index contributed by atoms with van der Waals surface area (Å²) >= 11 is 0. The topological polar surface area (TPSA) is 47.6 Å². The lowest BCUT2D eigenvalue weighted by Gasteiger charge is -2.09. The minimum atomic E-state index is -0.993. The van der Waals surface area contributed by atoms with E-state index in [1.807, 2.05) is 12.1 Å². The lowest BCUT2D eigenvalue weighted by molar-refractivity contribution is 0.284. The largest absolute Gasteiger partial charge is 0.486 e. The van der Waals surface area contributed by atoms with E-state index in [0.717, 1.165) is 17.2 Å². The Balaban J connectivity index is 2.17. The maximum absolute atomic E-state index is 13.4. The summed E-state index contributed by atoms with van der Waals surface area (Å²) in [6, 6.07) is 11.0. The Hall–Kier alpha value is -2.43. The number of benzene rings is 2. The molecule has 0 saturated heterocycles. The quantitative estimate of drug-likeness (QED) is 0.523. The molecule has 19 heavy (non-hydrogen) atoms. The monoisotopic (exact) mass is 262 g/mol. The first kappa shape index (κ1) is 13.0. The number of hydrogen-bond donors (Lipinski definition) is 1. The third-order valence-corrected chi connectivity index (χ3v) is 2.57. The summed E-state index contributed by atoms with van der Waals surface area (Å²) in [7, 11) is 0. The van der Waals surface area contributed by atoms with Crippen molar-refractivity contribution < 1.29 is 13.5 Å². The molecule has 0 aliphatic carbocycles. The van der Waals surface area contributed by atoms with Crippen LogP contribution in [-0.2, 0) is 6.61 Å². The van der Waals surface area contributed by atoms with Gasteiger partial charge in [-0.15, -0.1) is 0 Å². The molecule has 0 unspecified atom stereocenters. The van der Waals surface area contributed by atoms with Crippen LogP contribution in [0.1, 0.15) is 11.1 Å². The summed E-state index contributed by atoms with van der Waals surface area (Å²) in [5, 5.41) is 3.44. The molecule has 0 aliphatic rings. The molecule has 0 aliphatic heterocycles. The summed E-state index contributed by atoms with van der Waals surface area (Å²) in [4.78, 5) is 0. The second-order valence-corrected chi connectivity index (χ2v) is 3.82. The molecule has 0 aromatic heterocycles. The van der Waals surface area contributed by atoms with Crippen molar-refractivity contribution in [2.24, 2.45) is 10.9 Å². The standard InChI is InChI=1S/C14H12F2N2O/c15-12-6-3-7-13(14(12)16)19-9-11-5-2-1-4-10(11)8-18-17/h1-8H,9,17H2. The van der Waals surface area contributed by atoms with Gasteiger partial charge in [0.05, 0.1) is 6.21 Å². The summed E-state index contributed by atoms with van der Waals surface area (Å²) in [6.45, 7) is 0.0998. The van der Waals surface area contributed by atoms with Crippen LogP contribution in [0.15, 0.2) is 47.6 Å². The van der Waals surface area contributed by atoms with Crippen molar-refractivity contribution in [3.63, 3.8) is 0 Å². The van der Waals surface area contributed by atoms with Crippen molar-refractivity contribution in [3.05, 3.63) is 65.2 Å². The van der Waals surface area contributed by atoms with Crippen LogP contribution >= 0.6 is 0 Å². The number of hydrazone groups is 1. The third kappa shape index (κ3) is 3.07. The van der Waals surface area contributed by atoms with Crippen LogP contribution in [0, 0.1) is 11.6 Å². The third-order valence-electron chi connectivity index (χ3n) is 2.57. The van der Waals surface area contributed by atoms with Crippen molar-refractivity contribution in [1.82, 2.24) is 0 Å². The summed E-state index contributed by atoms with van der Waals surface area (Å²) in [5.74, 6) is 3.05. The molecule has 2 aromatic carbocycles. The zero-order valence-electron chi connectivity index (χ0n) is 10.0. The molecule has 0 spiro atoms. The van der Waals surface area contributed by atoms with E-state index < -0.39 is 11.6 Å². The van der Waals surface area contributed by atoms with Gasteiger partial charge >= 0.3 is 0 Å². The lowest BCUT2D eigenvalue weighted by Crippen LogP contribution is -2.02. The van der Waals surface area contributed by atoms with E-state index in [0.29, 0.717) is 0 Å². The Bertz CT molecular complexity index is 600. The van der Waals surface area contributed by atoms with Gasteiger partial charge in [-0.05, 0) is 17.7 Å². The van der Waals surface area contributed by atoms with Crippen LogP contribution in [0.2, 0.25) is 0 Å². The number of nitrogens with two attached hydrogens (primary N) is 1. The van der Waals surface area contributed by atoms with Gasteiger partial charge in [0, 0.05) is 5.56 Å². The van der Waals surface area contributed by atoms with Crippen molar-refractivity contribution in [1.29, 1.82) is 0 Å². The highest BCUT2D eigenvalue weighted by atomic mass is 19.2. The van der Waals surface area contributed by atoms with E-state index in [1.54, 1.807) is 12.1 Å². The van der Waals surface area contributed by atoms with Gasteiger partial charge in [0.2, 0.25) is 5.82 Å². The molecule has 0 amide bonds.